The summed E-state index contributed by atoms with van der Waals surface area (Å²) in [5.41, 5.74) is 2.99. The third kappa shape index (κ3) is 4.35. The Morgan fingerprint density at radius 2 is 1.79 bits per heavy atom. The summed E-state index contributed by atoms with van der Waals surface area (Å²) in [5.74, 6) is 3.59. The van der Waals surface area contributed by atoms with Crippen molar-refractivity contribution in [2.45, 2.75) is 44.6 Å². The molecule has 2 aromatic heterocycles. The molecule has 9 nitrogen and oxygen atoms in total. The molecule has 4 heterocycles. The van der Waals surface area contributed by atoms with Crippen LogP contribution in [0.25, 0.3) is 0 Å². The molecule has 1 saturated heterocycles. The Kier molecular flexibility index (Phi) is 6.20. The highest BCUT2D eigenvalue weighted by molar-refractivity contribution is 5.73. The lowest BCUT2D eigenvalue weighted by atomic mass is 9.79. The minimum atomic E-state index is -0.241. The van der Waals surface area contributed by atoms with E-state index in [1.807, 2.05) is 31.4 Å². The van der Waals surface area contributed by atoms with Gasteiger partial charge < -0.3 is 25.2 Å². The van der Waals surface area contributed by atoms with Crippen LogP contribution in [-0.2, 0) is 5.41 Å². The Balaban J connectivity index is 1.30. The molecule has 200 valence electrons. The summed E-state index contributed by atoms with van der Waals surface area (Å²) >= 11 is 0. The fourth-order valence-electron chi connectivity index (χ4n) is 6.44. The predicted octanol–water partition coefficient (Wildman–Crippen LogP) is 4.60. The third-order valence-corrected chi connectivity index (χ3v) is 8.48. The van der Waals surface area contributed by atoms with Crippen LogP contribution >= 0.6 is 0 Å². The van der Waals surface area contributed by atoms with Gasteiger partial charge in [0.15, 0.2) is 0 Å². The highest BCUT2D eigenvalue weighted by Gasteiger charge is 2.43. The number of halogens is 1. The second kappa shape index (κ2) is 9.56. The molecular weight excluding hydrogens is 483 g/mol. The number of hydrogen-bond donors (Lipinski definition) is 2. The van der Waals surface area contributed by atoms with Crippen molar-refractivity contribution >= 4 is 29.0 Å². The van der Waals surface area contributed by atoms with Crippen LogP contribution < -0.4 is 25.2 Å². The van der Waals surface area contributed by atoms with Crippen molar-refractivity contribution in [2.75, 3.05) is 54.2 Å². The summed E-state index contributed by atoms with van der Waals surface area (Å²) in [4.78, 5) is 14.7. The van der Waals surface area contributed by atoms with E-state index in [4.69, 9.17) is 14.7 Å². The molecule has 3 aliphatic rings. The van der Waals surface area contributed by atoms with Gasteiger partial charge in [0.1, 0.15) is 17.5 Å². The average molecular weight is 519 g/mol. The van der Waals surface area contributed by atoms with Crippen LogP contribution in [0.15, 0.2) is 36.5 Å². The van der Waals surface area contributed by atoms with Crippen LogP contribution in [0.5, 0.6) is 5.88 Å². The predicted molar refractivity (Wildman–Crippen MR) is 147 cm³/mol. The van der Waals surface area contributed by atoms with Gasteiger partial charge in [0.25, 0.3) is 0 Å². The standard InChI is InChI=1S/C28H35FN8O/c1-28(2)11-12-37(20-9-7-19(29)8-10-20)26-23(28)25(30-3)33-27(34-26)32-24-17-5-6-18(24)16-36(15-17)21-13-22(38-4)35-31-14-21/h7-10,13-14,17-18,24H,5-6,11-12,15-16H2,1-4H3,(H2,30,32,33,34)/t17-,18+,24?. The third-order valence-electron chi connectivity index (χ3n) is 8.48. The van der Waals surface area contributed by atoms with Crippen molar-refractivity contribution in [2.24, 2.45) is 11.8 Å². The van der Waals surface area contributed by atoms with E-state index >= 15 is 0 Å². The van der Waals surface area contributed by atoms with Crippen LogP contribution in [0.3, 0.4) is 0 Å². The summed E-state index contributed by atoms with van der Waals surface area (Å²) in [6.45, 7) is 7.15. The molecule has 2 bridgehead atoms. The van der Waals surface area contributed by atoms with E-state index < -0.39 is 0 Å². The SMILES string of the molecule is CNc1nc(NC2[C@@H]3CC[C@H]2CN(c2cnnc(OC)c2)C3)nc2c1C(C)(C)CCN2c1ccc(F)cc1. The fourth-order valence-corrected chi connectivity index (χ4v) is 6.44. The Morgan fingerprint density at radius 1 is 1.05 bits per heavy atom. The fraction of sp³-hybridized carbons (Fsp3) is 0.500. The van der Waals surface area contributed by atoms with Gasteiger partial charge in [0.2, 0.25) is 11.8 Å². The smallest absolute Gasteiger partial charge is 0.235 e. The lowest BCUT2D eigenvalue weighted by Crippen LogP contribution is -2.48. The second-order valence-corrected chi connectivity index (χ2v) is 11.2. The van der Waals surface area contributed by atoms with E-state index in [0.29, 0.717) is 29.7 Å². The maximum absolute atomic E-state index is 13.7. The summed E-state index contributed by atoms with van der Waals surface area (Å²) in [7, 11) is 3.53. The number of benzene rings is 1. The Hall–Kier alpha value is -3.69. The number of ether oxygens (including phenoxy) is 1. The first kappa shape index (κ1) is 24.6. The Bertz CT molecular complexity index is 1300. The zero-order valence-electron chi connectivity index (χ0n) is 22.4. The van der Waals surface area contributed by atoms with Crippen LogP contribution in [-0.4, -0.2) is 60.0 Å². The molecule has 38 heavy (non-hydrogen) atoms. The van der Waals surface area contributed by atoms with Crippen LogP contribution in [0, 0.1) is 17.7 Å². The summed E-state index contributed by atoms with van der Waals surface area (Å²) in [5, 5.41) is 15.2. The van der Waals surface area contributed by atoms with Crippen molar-refractivity contribution in [1.82, 2.24) is 20.2 Å². The van der Waals surface area contributed by atoms with Gasteiger partial charge in [-0.2, -0.15) is 15.1 Å². The highest BCUT2D eigenvalue weighted by atomic mass is 19.1. The molecule has 3 aromatic rings. The molecule has 0 radical (unpaired) electrons. The molecule has 1 aliphatic carbocycles. The Morgan fingerprint density at radius 3 is 2.47 bits per heavy atom. The van der Waals surface area contributed by atoms with Crippen molar-refractivity contribution < 1.29 is 9.13 Å². The normalized spacial score (nSPS) is 23.7. The molecule has 2 fully saturated rings. The number of aromatic nitrogens is 4. The van der Waals surface area contributed by atoms with Crippen molar-refractivity contribution in [1.29, 1.82) is 0 Å². The first-order valence-electron chi connectivity index (χ1n) is 13.4. The van der Waals surface area contributed by atoms with Gasteiger partial charge in [0.05, 0.1) is 19.0 Å². The number of hydrogen-bond acceptors (Lipinski definition) is 9. The van der Waals surface area contributed by atoms with E-state index in [0.717, 1.165) is 67.5 Å². The molecule has 2 N–H and O–H groups in total. The van der Waals surface area contributed by atoms with Gasteiger partial charge in [0, 0.05) is 50.0 Å². The van der Waals surface area contributed by atoms with E-state index in [2.05, 4.69) is 44.5 Å². The quantitative estimate of drug-likeness (QED) is 0.486. The molecule has 1 unspecified atom stereocenters. The second-order valence-electron chi connectivity index (χ2n) is 11.2. The molecule has 10 heteroatoms. The first-order valence-corrected chi connectivity index (χ1v) is 13.4. The van der Waals surface area contributed by atoms with E-state index in [9.17, 15) is 4.39 Å². The van der Waals surface area contributed by atoms with Crippen LogP contribution in [0.1, 0.15) is 38.7 Å². The largest absolute Gasteiger partial charge is 0.480 e. The minimum Gasteiger partial charge on any atom is -0.480 e. The van der Waals surface area contributed by atoms with E-state index in [1.54, 1.807) is 7.11 Å². The van der Waals surface area contributed by atoms with Gasteiger partial charge in [-0.25, -0.2) is 4.39 Å². The molecule has 2 aliphatic heterocycles. The number of anilines is 5. The molecule has 0 spiro atoms. The van der Waals surface area contributed by atoms with Crippen LogP contribution in [0.2, 0.25) is 0 Å². The minimum absolute atomic E-state index is 0.0905. The number of piperidine rings is 1. The molecule has 0 amide bonds. The zero-order valence-corrected chi connectivity index (χ0v) is 22.4. The number of nitrogens with one attached hydrogen (secondary N) is 2. The summed E-state index contributed by atoms with van der Waals surface area (Å²) < 4.78 is 19.0. The summed E-state index contributed by atoms with van der Waals surface area (Å²) in [6, 6.07) is 8.91. The molecule has 3 atom stereocenters. The molecule has 6 rings (SSSR count). The monoisotopic (exact) mass is 518 g/mol. The van der Waals surface area contributed by atoms with Crippen molar-refractivity contribution in [3.63, 3.8) is 0 Å². The molecule has 1 saturated carbocycles. The van der Waals surface area contributed by atoms with Gasteiger partial charge in [-0.05, 0) is 60.8 Å². The molecular formula is C28H35FN8O. The average Bonchev–Trinajstić information content (AvgIpc) is 3.14. The topological polar surface area (TPSA) is 91.3 Å². The van der Waals surface area contributed by atoms with Crippen molar-refractivity contribution in [3.05, 3.63) is 47.9 Å². The number of methoxy groups -OCH3 is 1. The summed E-state index contributed by atoms with van der Waals surface area (Å²) in [6.07, 6.45) is 5.08. The number of fused-ring (bicyclic) bond motifs is 3. The lowest BCUT2D eigenvalue weighted by molar-refractivity contribution is 0.372. The lowest BCUT2D eigenvalue weighted by Gasteiger charge is -2.41. The van der Waals surface area contributed by atoms with Gasteiger partial charge in [-0.3, -0.25) is 0 Å². The highest BCUT2D eigenvalue weighted by Crippen LogP contribution is 2.46. The van der Waals surface area contributed by atoms with Crippen LogP contribution in [0.4, 0.5) is 33.3 Å². The van der Waals surface area contributed by atoms with Gasteiger partial charge >= 0.3 is 0 Å². The maximum atomic E-state index is 13.7. The van der Waals surface area contributed by atoms with Gasteiger partial charge in [-0.15, -0.1) is 5.10 Å². The number of rotatable bonds is 6. The molecule has 1 aromatic carbocycles. The maximum Gasteiger partial charge on any atom is 0.235 e. The van der Waals surface area contributed by atoms with E-state index in [-0.39, 0.29) is 11.2 Å². The zero-order chi connectivity index (χ0) is 26.4. The number of nitrogens with zero attached hydrogens (tertiary/aromatic N) is 6. The van der Waals surface area contributed by atoms with Crippen molar-refractivity contribution in [3.8, 4) is 5.88 Å². The Labute approximate surface area is 222 Å². The first-order chi connectivity index (χ1) is 18.4. The van der Waals surface area contributed by atoms with E-state index in [1.165, 1.54) is 12.1 Å². The van der Waals surface area contributed by atoms with Gasteiger partial charge in [-0.1, -0.05) is 13.8 Å².